The highest BCUT2D eigenvalue weighted by atomic mass is 32.2. The molecule has 0 fully saturated rings. The number of thioether (sulfide) groups is 1. The molecule has 0 aliphatic carbocycles. The number of hydrogen-bond donors (Lipinski definition) is 1. The van der Waals surface area contributed by atoms with Crippen molar-refractivity contribution in [2.24, 2.45) is 5.92 Å². The predicted molar refractivity (Wildman–Crippen MR) is 89.7 cm³/mol. The minimum Gasteiger partial charge on any atom is -0.441 e. The Hall–Kier alpha value is -1.26. The molecule has 1 aromatic carbocycles. The molecule has 3 nitrogen and oxygen atoms in total. The molecule has 0 spiro atoms. The molecule has 0 amide bonds. The third-order valence-corrected chi connectivity index (χ3v) is 3.97. The molecular formula is C17H24N2OS. The fourth-order valence-electron chi connectivity index (χ4n) is 2.07. The lowest BCUT2D eigenvalue weighted by atomic mass is 10.2. The van der Waals surface area contributed by atoms with Crippen molar-refractivity contribution < 1.29 is 4.42 Å². The molecule has 21 heavy (non-hydrogen) atoms. The Morgan fingerprint density at radius 3 is 2.67 bits per heavy atom. The maximum Gasteiger partial charge on any atom is 0.194 e. The van der Waals surface area contributed by atoms with Gasteiger partial charge in [0.15, 0.2) is 11.7 Å². The Morgan fingerprint density at radius 1 is 1.24 bits per heavy atom. The van der Waals surface area contributed by atoms with Crippen LogP contribution in [0.5, 0.6) is 0 Å². The first-order chi connectivity index (χ1) is 10.2. The molecule has 0 saturated carbocycles. The first kappa shape index (κ1) is 16.1. The highest BCUT2D eigenvalue weighted by Gasteiger charge is 2.06. The Morgan fingerprint density at radius 2 is 2.00 bits per heavy atom. The maximum atomic E-state index is 5.83. The predicted octanol–water partition coefficient (Wildman–Crippen LogP) is 4.24. The van der Waals surface area contributed by atoms with E-state index in [-0.39, 0.29) is 0 Å². The lowest BCUT2D eigenvalue weighted by Gasteiger charge is -2.05. The molecular weight excluding hydrogens is 280 g/mol. The second kappa shape index (κ2) is 8.25. The van der Waals surface area contributed by atoms with E-state index in [9.17, 15) is 0 Å². The van der Waals surface area contributed by atoms with E-state index in [2.05, 4.69) is 54.7 Å². The number of hydrogen-bond acceptors (Lipinski definition) is 4. The van der Waals surface area contributed by atoms with E-state index in [1.165, 1.54) is 4.90 Å². The lowest BCUT2D eigenvalue weighted by Crippen LogP contribution is -2.21. The number of oxazole rings is 1. The lowest BCUT2D eigenvalue weighted by molar-refractivity contribution is 0.483. The van der Waals surface area contributed by atoms with Crippen molar-refractivity contribution in [1.82, 2.24) is 10.3 Å². The molecule has 1 N–H and O–H groups in total. The third kappa shape index (κ3) is 5.21. The van der Waals surface area contributed by atoms with Crippen LogP contribution in [-0.4, -0.2) is 24.3 Å². The summed E-state index contributed by atoms with van der Waals surface area (Å²) in [5.74, 6) is 2.38. The van der Waals surface area contributed by atoms with Gasteiger partial charge in [-0.1, -0.05) is 26.0 Å². The highest BCUT2D eigenvalue weighted by Crippen LogP contribution is 2.23. The smallest absolute Gasteiger partial charge is 0.194 e. The molecule has 1 heterocycles. The maximum absolute atomic E-state index is 5.83. The molecule has 0 unspecified atom stereocenters. The van der Waals surface area contributed by atoms with Gasteiger partial charge >= 0.3 is 0 Å². The van der Waals surface area contributed by atoms with E-state index in [4.69, 9.17) is 4.42 Å². The number of rotatable bonds is 8. The van der Waals surface area contributed by atoms with Crippen molar-refractivity contribution in [3.8, 4) is 11.3 Å². The Balaban J connectivity index is 1.83. The molecule has 0 radical (unpaired) electrons. The molecule has 0 atom stereocenters. The van der Waals surface area contributed by atoms with Gasteiger partial charge in [-0.3, -0.25) is 0 Å². The van der Waals surface area contributed by atoms with Gasteiger partial charge in [0.25, 0.3) is 0 Å². The second-order valence-corrected chi connectivity index (χ2v) is 6.43. The normalized spacial score (nSPS) is 11.2. The van der Waals surface area contributed by atoms with Crippen molar-refractivity contribution >= 4 is 11.8 Å². The van der Waals surface area contributed by atoms with Gasteiger partial charge in [0.1, 0.15) is 0 Å². The molecule has 0 aliphatic heterocycles. The average molecular weight is 304 g/mol. The number of aryl methyl sites for hydroxylation is 1. The zero-order valence-corrected chi connectivity index (χ0v) is 13.9. The van der Waals surface area contributed by atoms with Crippen LogP contribution < -0.4 is 5.32 Å². The monoisotopic (exact) mass is 304 g/mol. The van der Waals surface area contributed by atoms with Crippen LogP contribution in [0.4, 0.5) is 0 Å². The van der Waals surface area contributed by atoms with Crippen LogP contribution in [0.2, 0.25) is 0 Å². The summed E-state index contributed by atoms with van der Waals surface area (Å²) in [5, 5.41) is 3.43. The van der Waals surface area contributed by atoms with E-state index in [1.54, 1.807) is 11.8 Å². The summed E-state index contributed by atoms with van der Waals surface area (Å²) in [6.45, 7) is 6.52. The minimum atomic E-state index is 0.697. The zero-order valence-electron chi connectivity index (χ0n) is 13.1. The van der Waals surface area contributed by atoms with Crippen molar-refractivity contribution in [2.45, 2.75) is 31.6 Å². The molecule has 2 rings (SSSR count). The summed E-state index contributed by atoms with van der Waals surface area (Å²) >= 11 is 1.74. The first-order valence-electron chi connectivity index (χ1n) is 7.49. The van der Waals surface area contributed by atoms with E-state index in [0.29, 0.717) is 5.92 Å². The molecule has 114 valence electrons. The fourth-order valence-corrected chi connectivity index (χ4v) is 2.48. The summed E-state index contributed by atoms with van der Waals surface area (Å²) in [6.07, 6.45) is 5.84. The molecule has 1 aromatic heterocycles. The van der Waals surface area contributed by atoms with E-state index >= 15 is 0 Å². The molecule has 0 bridgehead atoms. The SMILES string of the molecule is CSc1ccc(-c2cnc(CCCNCC(C)C)o2)cc1. The van der Waals surface area contributed by atoms with Crippen LogP contribution in [-0.2, 0) is 6.42 Å². The number of nitrogens with one attached hydrogen (secondary N) is 1. The van der Waals surface area contributed by atoms with Crippen LogP contribution in [0.1, 0.15) is 26.2 Å². The van der Waals surface area contributed by atoms with E-state index < -0.39 is 0 Å². The fraction of sp³-hybridized carbons (Fsp3) is 0.471. The van der Waals surface area contributed by atoms with Crippen molar-refractivity contribution in [3.05, 3.63) is 36.4 Å². The largest absolute Gasteiger partial charge is 0.441 e. The summed E-state index contributed by atoms with van der Waals surface area (Å²) in [4.78, 5) is 5.63. The Labute approximate surface area is 131 Å². The number of benzene rings is 1. The average Bonchev–Trinajstić information content (AvgIpc) is 2.95. The standard InChI is InChI=1S/C17H24N2OS/c1-13(2)11-18-10-4-5-17-19-12-16(20-17)14-6-8-15(21-3)9-7-14/h6-9,12-13,18H,4-5,10-11H2,1-3H3. The summed E-state index contributed by atoms with van der Waals surface area (Å²) in [6, 6.07) is 8.39. The van der Waals surface area contributed by atoms with Gasteiger partial charge < -0.3 is 9.73 Å². The second-order valence-electron chi connectivity index (χ2n) is 5.55. The van der Waals surface area contributed by atoms with Crippen molar-refractivity contribution in [1.29, 1.82) is 0 Å². The molecule has 2 aromatic rings. The number of nitrogens with zero attached hydrogens (tertiary/aromatic N) is 1. The third-order valence-electron chi connectivity index (χ3n) is 3.22. The topological polar surface area (TPSA) is 38.1 Å². The molecule has 0 aliphatic rings. The van der Waals surface area contributed by atoms with Crippen LogP contribution in [0.15, 0.2) is 39.8 Å². The summed E-state index contributed by atoms with van der Waals surface area (Å²) in [7, 11) is 0. The Kier molecular flexibility index (Phi) is 6.33. The van der Waals surface area contributed by atoms with Gasteiger partial charge in [-0.15, -0.1) is 11.8 Å². The van der Waals surface area contributed by atoms with Crippen molar-refractivity contribution in [2.75, 3.05) is 19.3 Å². The first-order valence-corrected chi connectivity index (χ1v) is 8.71. The number of aromatic nitrogens is 1. The molecule has 4 heteroatoms. The van der Waals surface area contributed by atoms with Crippen LogP contribution in [0.25, 0.3) is 11.3 Å². The quantitative estimate of drug-likeness (QED) is 0.585. The van der Waals surface area contributed by atoms with Gasteiger partial charge in [-0.05, 0) is 43.8 Å². The van der Waals surface area contributed by atoms with Crippen LogP contribution >= 0.6 is 11.8 Å². The molecule has 0 saturated heterocycles. The zero-order chi connectivity index (χ0) is 15.1. The van der Waals surface area contributed by atoms with Gasteiger partial charge in [-0.25, -0.2) is 4.98 Å². The van der Waals surface area contributed by atoms with Gasteiger partial charge in [0.05, 0.1) is 6.20 Å². The van der Waals surface area contributed by atoms with Crippen LogP contribution in [0.3, 0.4) is 0 Å². The van der Waals surface area contributed by atoms with Crippen molar-refractivity contribution in [3.63, 3.8) is 0 Å². The van der Waals surface area contributed by atoms with Gasteiger partial charge in [0.2, 0.25) is 0 Å². The highest BCUT2D eigenvalue weighted by molar-refractivity contribution is 7.98. The minimum absolute atomic E-state index is 0.697. The van der Waals surface area contributed by atoms with Gasteiger partial charge in [0, 0.05) is 16.9 Å². The van der Waals surface area contributed by atoms with Gasteiger partial charge in [-0.2, -0.15) is 0 Å². The summed E-state index contributed by atoms with van der Waals surface area (Å²) in [5.41, 5.74) is 1.09. The van der Waals surface area contributed by atoms with E-state index in [0.717, 1.165) is 43.1 Å². The summed E-state index contributed by atoms with van der Waals surface area (Å²) < 4.78 is 5.83. The Bertz CT molecular complexity index is 534. The van der Waals surface area contributed by atoms with E-state index in [1.807, 2.05) is 6.20 Å². The van der Waals surface area contributed by atoms with Crippen LogP contribution in [0, 0.1) is 5.92 Å².